The maximum atomic E-state index is 12.8. The first-order valence-electron chi connectivity index (χ1n) is 30.9. The summed E-state index contributed by atoms with van der Waals surface area (Å²) < 4.78 is 34.5. The molecule has 0 aliphatic rings. The summed E-state index contributed by atoms with van der Waals surface area (Å²) in [7, 11) is 1.43. The van der Waals surface area contributed by atoms with Crippen LogP contribution < -0.4 is 0 Å². The molecule has 0 saturated carbocycles. The molecule has 450 valence electrons. The van der Waals surface area contributed by atoms with E-state index in [1.165, 1.54) is 0 Å². The van der Waals surface area contributed by atoms with Gasteiger partial charge in [-0.1, -0.05) is 235 Å². The minimum absolute atomic E-state index is 0.0160. The zero-order valence-corrected chi connectivity index (χ0v) is 51.9. The molecule has 80 heavy (non-hydrogen) atoms. The third-order valence-electron chi connectivity index (χ3n) is 12.2. The molecule has 0 aliphatic carbocycles. The summed E-state index contributed by atoms with van der Waals surface area (Å²) in [6.45, 7) is 4.14. The van der Waals surface area contributed by atoms with Crippen LogP contribution in [0.3, 0.4) is 0 Å². The Balaban J connectivity index is 4.23. The number of hydrogen-bond donors (Lipinski definition) is 1. The van der Waals surface area contributed by atoms with Gasteiger partial charge in [0.05, 0.1) is 27.7 Å². The van der Waals surface area contributed by atoms with Crippen molar-refractivity contribution in [2.75, 3.05) is 47.5 Å². The summed E-state index contributed by atoms with van der Waals surface area (Å²) >= 11 is 0. The molecule has 9 nitrogen and oxygen atoms in total. The van der Waals surface area contributed by atoms with Crippen LogP contribution in [0.5, 0.6) is 0 Å². The second-order valence-corrected chi connectivity index (χ2v) is 22.4. The van der Waals surface area contributed by atoms with Gasteiger partial charge in [0.2, 0.25) is 0 Å². The molecular formula is C70H113NO8P+. The second-order valence-electron chi connectivity index (χ2n) is 21.0. The zero-order chi connectivity index (χ0) is 58.4. The van der Waals surface area contributed by atoms with Crippen molar-refractivity contribution in [3.63, 3.8) is 0 Å². The predicted molar refractivity (Wildman–Crippen MR) is 343 cm³/mol. The Morgan fingerprint density at radius 2 is 0.675 bits per heavy atom. The number of rotatable bonds is 54. The topological polar surface area (TPSA) is 108 Å². The maximum Gasteiger partial charge on any atom is 0.472 e. The van der Waals surface area contributed by atoms with Crippen LogP contribution in [0, 0.1) is 0 Å². The smallest absolute Gasteiger partial charge is 0.462 e. The number of likely N-dealkylation sites (N-methyl/N-ethyl adjacent to an activating group) is 1. The Labute approximate surface area is 489 Å². The number of carbonyl (C=O) groups is 2. The van der Waals surface area contributed by atoms with Crippen LogP contribution in [0.4, 0.5) is 0 Å². The van der Waals surface area contributed by atoms with Gasteiger partial charge in [-0.2, -0.15) is 0 Å². The van der Waals surface area contributed by atoms with E-state index in [2.05, 4.69) is 184 Å². The van der Waals surface area contributed by atoms with Gasteiger partial charge >= 0.3 is 19.8 Å². The monoisotopic (exact) mass is 1130 g/mol. The molecule has 10 heteroatoms. The van der Waals surface area contributed by atoms with E-state index in [1.54, 1.807) is 0 Å². The molecule has 0 amide bonds. The highest BCUT2D eigenvalue weighted by Crippen LogP contribution is 2.43. The molecule has 0 heterocycles. The Morgan fingerprint density at radius 3 is 1.00 bits per heavy atom. The number of phosphoric acid groups is 1. The van der Waals surface area contributed by atoms with Gasteiger partial charge in [0.1, 0.15) is 19.8 Å². The Hall–Kier alpha value is -4.63. The Kier molecular flexibility index (Phi) is 55.6. The summed E-state index contributed by atoms with van der Waals surface area (Å²) in [5, 5.41) is 0. The maximum absolute atomic E-state index is 12.8. The average Bonchev–Trinajstić information content (AvgIpc) is 3.42. The lowest BCUT2D eigenvalue weighted by atomic mass is 10.1. The number of esters is 2. The quantitative estimate of drug-likeness (QED) is 0.0211. The van der Waals surface area contributed by atoms with Gasteiger partial charge in [0, 0.05) is 12.8 Å². The molecular weight excluding hydrogens is 1010 g/mol. The van der Waals surface area contributed by atoms with Crippen LogP contribution in [-0.4, -0.2) is 74.9 Å². The van der Waals surface area contributed by atoms with Crippen LogP contribution in [0.25, 0.3) is 0 Å². The minimum Gasteiger partial charge on any atom is -0.462 e. The van der Waals surface area contributed by atoms with E-state index in [4.69, 9.17) is 18.5 Å². The highest BCUT2D eigenvalue weighted by atomic mass is 31.2. The van der Waals surface area contributed by atoms with Crippen molar-refractivity contribution in [3.05, 3.63) is 170 Å². The van der Waals surface area contributed by atoms with E-state index in [0.29, 0.717) is 23.9 Å². The van der Waals surface area contributed by atoms with Crippen LogP contribution in [0.15, 0.2) is 170 Å². The molecule has 2 unspecified atom stereocenters. The van der Waals surface area contributed by atoms with Gasteiger partial charge in [-0.3, -0.25) is 18.6 Å². The van der Waals surface area contributed by atoms with Crippen molar-refractivity contribution >= 4 is 19.8 Å². The lowest BCUT2D eigenvalue weighted by Gasteiger charge is -2.24. The number of hydrogen-bond acceptors (Lipinski definition) is 7. The van der Waals surface area contributed by atoms with E-state index < -0.39 is 32.5 Å². The van der Waals surface area contributed by atoms with Gasteiger partial charge in [0.15, 0.2) is 6.10 Å². The first kappa shape index (κ1) is 75.4. The lowest BCUT2D eigenvalue weighted by molar-refractivity contribution is -0.870. The molecule has 0 aromatic heterocycles. The average molecular weight is 1130 g/mol. The normalized spacial score (nSPS) is 14.4. The summed E-state index contributed by atoms with van der Waals surface area (Å²) in [5.41, 5.74) is 0. The highest BCUT2D eigenvalue weighted by molar-refractivity contribution is 7.47. The van der Waals surface area contributed by atoms with Crippen molar-refractivity contribution in [1.29, 1.82) is 0 Å². The fourth-order valence-corrected chi connectivity index (χ4v) is 8.30. The summed E-state index contributed by atoms with van der Waals surface area (Å²) in [4.78, 5) is 35.7. The molecule has 0 fully saturated rings. The van der Waals surface area contributed by atoms with Gasteiger partial charge in [-0.25, -0.2) is 4.57 Å². The summed E-state index contributed by atoms with van der Waals surface area (Å²) in [6.07, 6.45) is 90.0. The van der Waals surface area contributed by atoms with Gasteiger partial charge in [-0.15, -0.1) is 0 Å². The van der Waals surface area contributed by atoms with Gasteiger partial charge < -0.3 is 18.9 Å². The number of phosphoric ester groups is 1. The van der Waals surface area contributed by atoms with Crippen molar-refractivity contribution < 1.29 is 42.1 Å². The predicted octanol–water partition coefficient (Wildman–Crippen LogP) is 19.8. The molecule has 0 rings (SSSR count). The van der Waals surface area contributed by atoms with E-state index in [-0.39, 0.29) is 26.1 Å². The van der Waals surface area contributed by atoms with E-state index in [1.807, 2.05) is 21.1 Å². The molecule has 2 atom stereocenters. The van der Waals surface area contributed by atoms with E-state index in [0.717, 1.165) is 167 Å². The van der Waals surface area contributed by atoms with Crippen molar-refractivity contribution in [2.45, 2.75) is 213 Å². The van der Waals surface area contributed by atoms with Crippen LogP contribution >= 0.6 is 7.82 Å². The summed E-state index contributed by atoms with van der Waals surface area (Å²) in [5.74, 6) is -0.845. The highest BCUT2D eigenvalue weighted by Gasteiger charge is 2.27. The number of ether oxygens (including phenoxy) is 2. The molecule has 0 aromatic carbocycles. The lowest BCUT2D eigenvalue weighted by Crippen LogP contribution is -2.37. The number of nitrogens with zero attached hydrogens (tertiary/aromatic N) is 1. The molecule has 0 radical (unpaired) electrons. The molecule has 1 N–H and O–H groups in total. The Morgan fingerprint density at radius 1 is 0.388 bits per heavy atom. The number of allylic oxidation sites excluding steroid dienone is 28. The van der Waals surface area contributed by atoms with Crippen LogP contribution in [0.2, 0.25) is 0 Å². The van der Waals surface area contributed by atoms with Crippen molar-refractivity contribution in [2.24, 2.45) is 0 Å². The number of quaternary nitrogens is 1. The number of carbonyl (C=O) groups excluding carboxylic acids is 2. The molecule has 0 saturated heterocycles. The van der Waals surface area contributed by atoms with Crippen molar-refractivity contribution in [1.82, 2.24) is 0 Å². The first-order chi connectivity index (χ1) is 39.0. The van der Waals surface area contributed by atoms with E-state index in [9.17, 15) is 19.0 Å². The second kappa shape index (κ2) is 59.0. The first-order valence-corrected chi connectivity index (χ1v) is 32.4. The molecule has 0 spiro atoms. The third kappa shape index (κ3) is 62.6. The molecule has 0 bridgehead atoms. The third-order valence-corrected chi connectivity index (χ3v) is 13.2. The largest absolute Gasteiger partial charge is 0.472 e. The van der Waals surface area contributed by atoms with Crippen LogP contribution in [0.1, 0.15) is 206 Å². The molecule has 0 aromatic rings. The molecule has 0 aliphatic heterocycles. The zero-order valence-electron chi connectivity index (χ0n) is 51.0. The van der Waals surface area contributed by atoms with E-state index >= 15 is 0 Å². The van der Waals surface area contributed by atoms with Crippen molar-refractivity contribution in [3.8, 4) is 0 Å². The van der Waals surface area contributed by atoms with Gasteiger partial charge in [-0.05, 0) is 128 Å². The van der Waals surface area contributed by atoms with Crippen LogP contribution in [-0.2, 0) is 32.7 Å². The standard InChI is InChI=1S/C70H112NO8P/c1-6-8-10-12-14-16-18-20-22-24-26-27-28-29-30-31-32-33-34-35-36-37-38-39-40-41-42-43-45-47-49-51-53-55-57-59-61-63-70(73)79-68(67-78-80(74,75)77-65-64-71(3,4)5)66-76-69(72)62-60-58-56-54-52-50-48-46-44-25-23-21-19-17-15-13-11-9-7-2/h8-11,14-17,20-23,26-27,29-30,32-33,35-36,38-39,41-42,44-47,68H,6-7,12-13,18-19,24-25,28,31,34,37,40,43,48-67H2,1-5H3/p+1/b10-8-,11-9-,16-14-,17-15-,22-20-,23-21-,27-26-,30-29-,33-32-,36-35-,39-38-,42-41-,46-44-,47-45-. The fraction of sp³-hybridized carbons (Fsp3) is 0.571. The van der Waals surface area contributed by atoms with Gasteiger partial charge in [0.25, 0.3) is 0 Å². The summed E-state index contributed by atoms with van der Waals surface area (Å²) in [6, 6.07) is 0. The fourth-order valence-electron chi connectivity index (χ4n) is 7.56. The Bertz CT molecular complexity index is 1950. The minimum atomic E-state index is -4.41. The number of unbranched alkanes of at least 4 members (excludes halogenated alkanes) is 12. The SMILES string of the molecule is CC/C=C\C/C=C\C/C=C\C/C=C\C/C=C\C/C=C\C/C=C\C/C=C\C/C=C\C/C=C\CCCCCCCCC(=O)OC(COC(=O)CCCCCCCC/C=C\C/C=C\C/C=C\C/C=C\CC)COP(=O)(O)OCC[N+](C)(C)C.